The van der Waals surface area contributed by atoms with Crippen molar-refractivity contribution < 1.29 is 0 Å². The Morgan fingerprint density at radius 2 is 1.90 bits per heavy atom. The van der Waals surface area contributed by atoms with E-state index in [1.54, 1.807) is 25.7 Å². The first-order valence-electron chi connectivity index (χ1n) is 4.86. The lowest BCUT2D eigenvalue weighted by Gasteiger charge is -2.25. The highest BCUT2D eigenvalue weighted by Crippen LogP contribution is 2.65. The van der Waals surface area contributed by atoms with Crippen LogP contribution in [-0.4, -0.2) is 0 Å². The Kier molecular flexibility index (Phi) is 0.898. The zero-order valence-electron chi connectivity index (χ0n) is 6.72. The largest absolute Gasteiger partial charge is 0.0622 e. The molecule has 0 heterocycles. The number of rotatable bonds is 0. The molecule has 0 nitrogen and oxygen atoms in total. The van der Waals surface area contributed by atoms with Crippen LogP contribution in [0.5, 0.6) is 0 Å². The molecule has 2 bridgehead atoms. The van der Waals surface area contributed by atoms with Gasteiger partial charge in [0.1, 0.15) is 0 Å². The second kappa shape index (κ2) is 1.60. The van der Waals surface area contributed by atoms with E-state index in [1.807, 2.05) is 0 Å². The van der Waals surface area contributed by atoms with Gasteiger partial charge in [-0.2, -0.15) is 0 Å². The van der Waals surface area contributed by atoms with E-state index in [0.29, 0.717) is 0 Å². The van der Waals surface area contributed by atoms with E-state index in [2.05, 4.69) is 6.92 Å². The Labute approximate surface area is 63.0 Å². The molecule has 3 aliphatic rings. The average molecular weight is 136 g/mol. The Hall–Kier alpha value is 0. The molecule has 3 aliphatic carbocycles. The second-order valence-corrected chi connectivity index (χ2v) is 4.80. The van der Waals surface area contributed by atoms with Crippen molar-refractivity contribution in [3.05, 3.63) is 0 Å². The highest BCUT2D eigenvalue weighted by atomic mass is 14.6. The monoisotopic (exact) mass is 136 g/mol. The van der Waals surface area contributed by atoms with Crippen molar-refractivity contribution in [3.63, 3.8) is 0 Å². The third kappa shape index (κ3) is 0.538. The van der Waals surface area contributed by atoms with E-state index < -0.39 is 0 Å². The summed E-state index contributed by atoms with van der Waals surface area (Å²) in [4.78, 5) is 0. The van der Waals surface area contributed by atoms with Crippen molar-refractivity contribution in [2.24, 2.45) is 29.6 Å². The molecule has 5 atom stereocenters. The van der Waals surface area contributed by atoms with Crippen LogP contribution in [0, 0.1) is 29.6 Å². The van der Waals surface area contributed by atoms with Crippen LogP contribution in [0.4, 0.5) is 0 Å². The van der Waals surface area contributed by atoms with Gasteiger partial charge < -0.3 is 0 Å². The number of hydrogen-bond donors (Lipinski definition) is 0. The minimum Gasteiger partial charge on any atom is -0.0622 e. The smallest absolute Gasteiger partial charge is 0.0326 e. The molecule has 0 saturated heterocycles. The summed E-state index contributed by atoms with van der Waals surface area (Å²) in [5, 5.41) is 0. The fourth-order valence-corrected chi connectivity index (χ4v) is 3.88. The molecular formula is C10H16. The maximum absolute atomic E-state index is 2.48. The van der Waals surface area contributed by atoms with Gasteiger partial charge in [0, 0.05) is 0 Å². The lowest BCUT2D eigenvalue weighted by molar-refractivity contribution is 0.252. The Morgan fingerprint density at radius 1 is 1.00 bits per heavy atom. The molecule has 0 aromatic heterocycles. The number of fused-ring (bicyclic) bond motifs is 2. The Bertz CT molecular complexity index is 153. The van der Waals surface area contributed by atoms with Crippen LogP contribution in [0.25, 0.3) is 0 Å². The van der Waals surface area contributed by atoms with Crippen LogP contribution in [0.1, 0.15) is 32.6 Å². The highest BCUT2D eigenvalue weighted by molar-refractivity contribution is 5.06. The molecule has 10 heavy (non-hydrogen) atoms. The summed E-state index contributed by atoms with van der Waals surface area (Å²) in [5.41, 5.74) is 0. The van der Waals surface area contributed by atoms with E-state index in [4.69, 9.17) is 0 Å². The Balaban J connectivity index is 1.91. The van der Waals surface area contributed by atoms with E-state index in [1.165, 1.54) is 17.8 Å². The fraction of sp³-hybridized carbons (Fsp3) is 1.00. The van der Waals surface area contributed by atoms with Gasteiger partial charge in [0.2, 0.25) is 0 Å². The third-order valence-electron chi connectivity index (χ3n) is 4.27. The summed E-state index contributed by atoms with van der Waals surface area (Å²) in [7, 11) is 0. The van der Waals surface area contributed by atoms with Gasteiger partial charge in [0.25, 0.3) is 0 Å². The second-order valence-electron chi connectivity index (χ2n) is 4.80. The molecule has 0 radical (unpaired) electrons. The van der Waals surface area contributed by atoms with Crippen molar-refractivity contribution in [2.75, 3.05) is 0 Å². The molecule has 0 aromatic rings. The first-order valence-corrected chi connectivity index (χ1v) is 4.86. The minimum absolute atomic E-state index is 1.09. The van der Waals surface area contributed by atoms with Crippen LogP contribution in [0.3, 0.4) is 0 Å². The normalized spacial score (nSPS) is 63.9. The van der Waals surface area contributed by atoms with Gasteiger partial charge in [-0.05, 0) is 48.9 Å². The van der Waals surface area contributed by atoms with E-state index in [-0.39, 0.29) is 0 Å². The lowest BCUT2D eigenvalue weighted by atomic mass is 9.80. The third-order valence-corrected chi connectivity index (χ3v) is 4.27. The maximum atomic E-state index is 2.48. The average Bonchev–Trinajstić information content (AvgIpc) is 2.62. The quantitative estimate of drug-likeness (QED) is 0.480. The van der Waals surface area contributed by atoms with Gasteiger partial charge in [0.05, 0.1) is 0 Å². The molecule has 0 amide bonds. The maximum Gasteiger partial charge on any atom is -0.0326 e. The molecular weight excluding hydrogens is 120 g/mol. The van der Waals surface area contributed by atoms with Crippen molar-refractivity contribution in [1.82, 2.24) is 0 Å². The van der Waals surface area contributed by atoms with Gasteiger partial charge >= 0.3 is 0 Å². The van der Waals surface area contributed by atoms with Crippen LogP contribution in [0.15, 0.2) is 0 Å². The van der Waals surface area contributed by atoms with Crippen LogP contribution < -0.4 is 0 Å². The highest BCUT2D eigenvalue weighted by Gasteiger charge is 2.57. The van der Waals surface area contributed by atoms with E-state index in [0.717, 1.165) is 11.8 Å². The van der Waals surface area contributed by atoms with E-state index in [9.17, 15) is 0 Å². The van der Waals surface area contributed by atoms with E-state index >= 15 is 0 Å². The van der Waals surface area contributed by atoms with Gasteiger partial charge in [0.15, 0.2) is 0 Å². The Morgan fingerprint density at radius 3 is 2.80 bits per heavy atom. The van der Waals surface area contributed by atoms with Crippen LogP contribution in [-0.2, 0) is 0 Å². The standard InChI is InChI=1S/C10H16/c1-6-4-7-2-3-8-9(5-7)10(6)8/h6-10H,2-5H2,1H3. The molecule has 0 heteroatoms. The molecule has 3 saturated carbocycles. The number of hydrogen-bond acceptors (Lipinski definition) is 0. The van der Waals surface area contributed by atoms with Crippen molar-refractivity contribution >= 4 is 0 Å². The SMILES string of the molecule is CC1CC2CCC3C(C2)C13. The summed E-state index contributed by atoms with van der Waals surface area (Å²) in [6.07, 6.45) is 6.34. The zero-order chi connectivity index (χ0) is 6.72. The topological polar surface area (TPSA) is 0 Å². The molecule has 3 fully saturated rings. The predicted octanol–water partition coefficient (Wildman–Crippen LogP) is 2.69. The summed E-state index contributed by atoms with van der Waals surface area (Å²) >= 11 is 0. The zero-order valence-corrected chi connectivity index (χ0v) is 6.72. The molecule has 0 aromatic carbocycles. The van der Waals surface area contributed by atoms with Crippen molar-refractivity contribution in [1.29, 1.82) is 0 Å². The molecule has 3 rings (SSSR count). The molecule has 56 valence electrons. The molecule has 0 N–H and O–H groups in total. The summed E-state index contributed by atoms with van der Waals surface area (Å²) < 4.78 is 0. The van der Waals surface area contributed by atoms with Gasteiger partial charge in [-0.3, -0.25) is 0 Å². The minimum atomic E-state index is 1.09. The molecule has 0 spiro atoms. The predicted molar refractivity (Wildman–Crippen MR) is 41.6 cm³/mol. The first-order chi connectivity index (χ1) is 4.86. The summed E-state index contributed by atoms with van der Waals surface area (Å²) in [6.45, 7) is 2.48. The summed E-state index contributed by atoms with van der Waals surface area (Å²) in [5.74, 6) is 5.85. The summed E-state index contributed by atoms with van der Waals surface area (Å²) in [6, 6.07) is 0. The van der Waals surface area contributed by atoms with Crippen molar-refractivity contribution in [3.8, 4) is 0 Å². The van der Waals surface area contributed by atoms with Gasteiger partial charge in [-0.15, -0.1) is 0 Å². The van der Waals surface area contributed by atoms with Gasteiger partial charge in [-0.1, -0.05) is 13.3 Å². The van der Waals surface area contributed by atoms with Crippen molar-refractivity contribution in [2.45, 2.75) is 32.6 Å². The molecule has 5 unspecified atom stereocenters. The lowest BCUT2D eigenvalue weighted by Crippen LogP contribution is -2.15. The molecule has 0 aliphatic heterocycles. The first kappa shape index (κ1) is 5.62. The fourth-order valence-electron chi connectivity index (χ4n) is 3.88. The van der Waals surface area contributed by atoms with Crippen LogP contribution in [0.2, 0.25) is 0 Å². The van der Waals surface area contributed by atoms with Crippen LogP contribution >= 0.6 is 0 Å². The van der Waals surface area contributed by atoms with Gasteiger partial charge in [-0.25, -0.2) is 0 Å².